The molecule has 0 spiro atoms. The zero-order chi connectivity index (χ0) is 10.6. The van der Waals surface area contributed by atoms with Crippen molar-refractivity contribution >= 4 is 5.91 Å². The fraction of sp³-hybridized carbons (Fsp3) is 0.900. The van der Waals surface area contributed by atoms with Crippen LogP contribution in [0, 0.1) is 0 Å². The number of nitrogens with two attached hydrogens (primary N) is 1. The summed E-state index contributed by atoms with van der Waals surface area (Å²) in [6.07, 6.45) is 3.28. The van der Waals surface area contributed by atoms with Crippen LogP contribution in [0.15, 0.2) is 0 Å². The summed E-state index contributed by atoms with van der Waals surface area (Å²) in [5, 5.41) is 2.84. The lowest BCUT2D eigenvalue weighted by Gasteiger charge is -2.04. The fourth-order valence-corrected chi connectivity index (χ4v) is 1.06. The van der Waals surface area contributed by atoms with Gasteiger partial charge < -0.3 is 15.8 Å². The van der Waals surface area contributed by atoms with Gasteiger partial charge in [-0.1, -0.05) is 0 Å². The first-order valence-electron chi connectivity index (χ1n) is 5.35. The monoisotopic (exact) mass is 202 g/mol. The van der Waals surface area contributed by atoms with E-state index >= 15 is 0 Å². The summed E-state index contributed by atoms with van der Waals surface area (Å²) >= 11 is 0. The summed E-state index contributed by atoms with van der Waals surface area (Å²) in [5.74, 6) is 0.120. The van der Waals surface area contributed by atoms with Gasteiger partial charge in [0.05, 0.1) is 0 Å². The summed E-state index contributed by atoms with van der Waals surface area (Å²) < 4.78 is 5.15. The molecule has 0 saturated carbocycles. The highest BCUT2D eigenvalue weighted by atomic mass is 16.5. The Morgan fingerprint density at radius 2 is 2.14 bits per heavy atom. The van der Waals surface area contributed by atoms with Gasteiger partial charge in [-0.25, -0.2) is 0 Å². The zero-order valence-electron chi connectivity index (χ0n) is 9.05. The minimum absolute atomic E-state index is 0.120. The molecule has 0 aromatic heterocycles. The van der Waals surface area contributed by atoms with E-state index in [1.54, 1.807) is 0 Å². The Labute approximate surface area is 86.2 Å². The average Bonchev–Trinajstić information content (AvgIpc) is 2.18. The molecule has 3 N–H and O–H groups in total. The zero-order valence-corrected chi connectivity index (χ0v) is 9.05. The number of rotatable bonds is 9. The van der Waals surface area contributed by atoms with Crippen molar-refractivity contribution in [1.29, 1.82) is 0 Å². The van der Waals surface area contributed by atoms with E-state index in [4.69, 9.17) is 10.5 Å². The van der Waals surface area contributed by atoms with E-state index in [-0.39, 0.29) is 5.91 Å². The second kappa shape index (κ2) is 10.5. The third kappa shape index (κ3) is 9.48. The third-order valence-corrected chi connectivity index (χ3v) is 1.85. The van der Waals surface area contributed by atoms with Gasteiger partial charge in [0.2, 0.25) is 5.91 Å². The Kier molecular flexibility index (Phi) is 10.0. The quantitative estimate of drug-likeness (QED) is 0.540. The molecule has 14 heavy (non-hydrogen) atoms. The SMILES string of the molecule is CCOCCCNC(=O)CCCCN. The van der Waals surface area contributed by atoms with E-state index in [0.29, 0.717) is 19.5 Å². The number of nitrogens with one attached hydrogen (secondary N) is 1. The van der Waals surface area contributed by atoms with E-state index in [2.05, 4.69) is 5.32 Å². The maximum absolute atomic E-state index is 11.2. The second-order valence-electron chi connectivity index (χ2n) is 3.15. The maximum Gasteiger partial charge on any atom is 0.219 e. The van der Waals surface area contributed by atoms with Gasteiger partial charge in [0, 0.05) is 26.2 Å². The van der Waals surface area contributed by atoms with Crippen LogP contribution in [-0.2, 0) is 9.53 Å². The van der Waals surface area contributed by atoms with Crippen molar-refractivity contribution in [3.8, 4) is 0 Å². The highest BCUT2D eigenvalue weighted by Gasteiger charge is 1.98. The Morgan fingerprint density at radius 3 is 2.79 bits per heavy atom. The van der Waals surface area contributed by atoms with Gasteiger partial charge in [0.25, 0.3) is 0 Å². The standard InChI is InChI=1S/C10H22N2O2/c1-2-14-9-5-8-12-10(13)6-3-4-7-11/h2-9,11H2,1H3,(H,12,13). The van der Waals surface area contributed by atoms with Crippen LogP contribution in [0.3, 0.4) is 0 Å². The molecule has 0 heterocycles. The molecule has 0 fully saturated rings. The molecule has 4 nitrogen and oxygen atoms in total. The summed E-state index contributed by atoms with van der Waals surface area (Å²) in [7, 11) is 0. The third-order valence-electron chi connectivity index (χ3n) is 1.85. The maximum atomic E-state index is 11.2. The fourth-order valence-electron chi connectivity index (χ4n) is 1.06. The van der Waals surface area contributed by atoms with Crippen molar-refractivity contribution in [1.82, 2.24) is 5.32 Å². The lowest BCUT2D eigenvalue weighted by Crippen LogP contribution is -2.25. The predicted molar refractivity (Wildman–Crippen MR) is 57.0 cm³/mol. The molecule has 4 heteroatoms. The number of carbonyl (C=O) groups is 1. The number of ether oxygens (including phenoxy) is 1. The second-order valence-corrected chi connectivity index (χ2v) is 3.15. The summed E-state index contributed by atoms with van der Waals surface area (Å²) in [6.45, 7) is 4.80. The molecule has 0 aromatic rings. The number of carbonyl (C=O) groups excluding carboxylic acids is 1. The molecule has 0 atom stereocenters. The van der Waals surface area contributed by atoms with Crippen molar-refractivity contribution in [2.75, 3.05) is 26.3 Å². The Balaban J connectivity index is 3.10. The van der Waals surface area contributed by atoms with Crippen LogP contribution in [0.25, 0.3) is 0 Å². The van der Waals surface area contributed by atoms with Crippen LogP contribution in [0.2, 0.25) is 0 Å². The molecular formula is C10H22N2O2. The minimum atomic E-state index is 0.120. The van der Waals surface area contributed by atoms with Gasteiger partial charge in [0.15, 0.2) is 0 Å². The van der Waals surface area contributed by atoms with Crippen LogP contribution in [0.4, 0.5) is 0 Å². The molecular weight excluding hydrogens is 180 g/mol. The topological polar surface area (TPSA) is 64.3 Å². The molecule has 0 saturated heterocycles. The Bertz CT molecular complexity index is 140. The molecule has 0 aliphatic heterocycles. The first kappa shape index (κ1) is 13.4. The molecule has 0 bridgehead atoms. The van der Waals surface area contributed by atoms with Gasteiger partial charge in [0.1, 0.15) is 0 Å². The van der Waals surface area contributed by atoms with E-state index in [1.807, 2.05) is 6.92 Å². The van der Waals surface area contributed by atoms with Gasteiger partial charge in [-0.2, -0.15) is 0 Å². The van der Waals surface area contributed by atoms with Gasteiger partial charge in [-0.3, -0.25) is 4.79 Å². The molecule has 1 amide bonds. The van der Waals surface area contributed by atoms with Crippen molar-refractivity contribution in [2.45, 2.75) is 32.6 Å². The van der Waals surface area contributed by atoms with Crippen molar-refractivity contribution < 1.29 is 9.53 Å². The lowest BCUT2D eigenvalue weighted by atomic mass is 10.2. The average molecular weight is 202 g/mol. The van der Waals surface area contributed by atoms with Gasteiger partial charge >= 0.3 is 0 Å². The van der Waals surface area contributed by atoms with Crippen molar-refractivity contribution in [3.63, 3.8) is 0 Å². The normalized spacial score (nSPS) is 10.1. The van der Waals surface area contributed by atoms with Crippen LogP contribution < -0.4 is 11.1 Å². The molecule has 0 aromatic carbocycles. The summed E-state index contributed by atoms with van der Waals surface area (Å²) in [6, 6.07) is 0. The number of hydrogen-bond donors (Lipinski definition) is 2. The van der Waals surface area contributed by atoms with E-state index in [0.717, 1.165) is 32.5 Å². The predicted octanol–water partition coefficient (Wildman–Crippen LogP) is 0.658. The highest BCUT2D eigenvalue weighted by Crippen LogP contribution is 1.92. The number of amides is 1. The van der Waals surface area contributed by atoms with Crippen molar-refractivity contribution in [3.05, 3.63) is 0 Å². The molecule has 0 aliphatic carbocycles. The first-order chi connectivity index (χ1) is 6.81. The van der Waals surface area contributed by atoms with Crippen molar-refractivity contribution in [2.24, 2.45) is 5.73 Å². The van der Waals surface area contributed by atoms with Crippen LogP contribution in [0.5, 0.6) is 0 Å². The van der Waals surface area contributed by atoms with Crippen LogP contribution in [-0.4, -0.2) is 32.2 Å². The molecule has 0 aliphatic rings. The summed E-state index contributed by atoms with van der Waals surface area (Å²) in [5.41, 5.74) is 5.32. The Morgan fingerprint density at radius 1 is 1.36 bits per heavy atom. The molecule has 0 unspecified atom stereocenters. The van der Waals surface area contributed by atoms with Gasteiger partial charge in [-0.05, 0) is 32.7 Å². The first-order valence-corrected chi connectivity index (χ1v) is 5.35. The largest absolute Gasteiger partial charge is 0.382 e. The molecule has 0 radical (unpaired) electrons. The summed E-state index contributed by atoms with van der Waals surface area (Å²) in [4.78, 5) is 11.2. The smallest absolute Gasteiger partial charge is 0.219 e. The minimum Gasteiger partial charge on any atom is -0.382 e. The molecule has 84 valence electrons. The van der Waals surface area contributed by atoms with Crippen LogP contribution in [0.1, 0.15) is 32.6 Å². The number of hydrogen-bond acceptors (Lipinski definition) is 3. The van der Waals surface area contributed by atoms with Gasteiger partial charge in [-0.15, -0.1) is 0 Å². The van der Waals surface area contributed by atoms with E-state index in [1.165, 1.54) is 0 Å². The lowest BCUT2D eigenvalue weighted by molar-refractivity contribution is -0.121. The highest BCUT2D eigenvalue weighted by molar-refractivity contribution is 5.75. The number of unbranched alkanes of at least 4 members (excludes halogenated alkanes) is 1. The van der Waals surface area contributed by atoms with Crippen LogP contribution >= 0.6 is 0 Å². The molecule has 0 rings (SSSR count). The van der Waals surface area contributed by atoms with E-state index < -0.39 is 0 Å². The Hall–Kier alpha value is -0.610. The van der Waals surface area contributed by atoms with E-state index in [9.17, 15) is 4.79 Å².